The third-order valence-electron chi connectivity index (χ3n) is 5.28. The van der Waals surface area contributed by atoms with E-state index in [2.05, 4.69) is 20.8 Å². The summed E-state index contributed by atoms with van der Waals surface area (Å²) in [6.07, 6.45) is 3.83. The largest absolute Gasteiger partial charge is 0.381 e. The minimum atomic E-state index is -0.470. The molecular formula is C18H22FN5O2. The zero-order valence-electron chi connectivity index (χ0n) is 14.7. The molecule has 1 saturated heterocycles. The van der Waals surface area contributed by atoms with E-state index in [9.17, 15) is 9.18 Å². The van der Waals surface area contributed by atoms with Gasteiger partial charge in [0.25, 0.3) is 0 Å². The monoisotopic (exact) mass is 359 g/mol. The first-order chi connectivity index (χ1) is 12.6. The van der Waals surface area contributed by atoms with Crippen molar-refractivity contribution in [1.29, 1.82) is 0 Å². The molecule has 2 aromatic rings. The van der Waals surface area contributed by atoms with Gasteiger partial charge in [-0.25, -0.2) is 4.39 Å². The highest BCUT2D eigenvalue weighted by molar-refractivity contribution is 5.92. The van der Waals surface area contributed by atoms with Crippen molar-refractivity contribution >= 4 is 11.6 Å². The standard InChI is InChI=1S/C18H22FN5O2/c1-11(12-6-8-26-9-7-12)18(25)20-16-10-14(4-5-15(16)19)24-17(13-2-3-13)21-22-23-24/h4-5,10-13H,2-3,6-9H2,1H3,(H,20,25)/t11-/m1/s1. The van der Waals surface area contributed by atoms with Crippen molar-refractivity contribution in [3.05, 3.63) is 29.8 Å². The summed E-state index contributed by atoms with van der Waals surface area (Å²) in [5, 5.41) is 14.5. The van der Waals surface area contributed by atoms with Crippen LogP contribution < -0.4 is 5.32 Å². The fourth-order valence-electron chi connectivity index (χ4n) is 3.39. The van der Waals surface area contributed by atoms with Gasteiger partial charge in [0.05, 0.1) is 11.4 Å². The number of hydrogen-bond donors (Lipinski definition) is 1. The van der Waals surface area contributed by atoms with Gasteiger partial charge in [-0.15, -0.1) is 5.10 Å². The summed E-state index contributed by atoms with van der Waals surface area (Å²) in [7, 11) is 0. The van der Waals surface area contributed by atoms with Crippen molar-refractivity contribution in [3.8, 4) is 5.69 Å². The van der Waals surface area contributed by atoms with Crippen LogP contribution in [-0.4, -0.2) is 39.3 Å². The van der Waals surface area contributed by atoms with Crippen molar-refractivity contribution < 1.29 is 13.9 Å². The summed E-state index contributed by atoms with van der Waals surface area (Å²) in [6, 6.07) is 4.55. The molecule has 1 saturated carbocycles. The van der Waals surface area contributed by atoms with Gasteiger partial charge in [-0.2, -0.15) is 4.68 Å². The van der Waals surface area contributed by atoms with Gasteiger partial charge in [0.15, 0.2) is 5.82 Å². The molecular weight excluding hydrogens is 337 g/mol. The predicted molar refractivity (Wildman–Crippen MR) is 92.4 cm³/mol. The van der Waals surface area contributed by atoms with E-state index in [1.165, 1.54) is 6.07 Å². The highest BCUT2D eigenvalue weighted by Gasteiger charge is 2.30. The van der Waals surface area contributed by atoms with Crippen molar-refractivity contribution in [3.63, 3.8) is 0 Å². The Morgan fingerprint density at radius 1 is 1.31 bits per heavy atom. The second kappa shape index (κ2) is 7.11. The van der Waals surface area contributed by atoms with E-state index in [1.807, 2.05) is 6.92 Å². The van der Waals surface area contributed by atoms with Crippen molar-refractivity contribution in [2.75, 3.05) is 18.5 Å². The third kappa shape index (κ3) is 3.46. The highest BCUT2D eigenvalue weighted by atomic mass is 19.1. The van der Waals surface area contributed by atoms with Gasteiger partial charge in [-0.1, -0.05) is 6.92 Å². The van der Waals surface area contributed by atoms with E-state index in [4.69, 9.17) is 4.74 Å². The van der Waals surface area contributed by atoms with Crippen LogP contribution in [0.15, 0.2) is 18.2 Å². The summed E-state index contributed by atoms with van der Waals surface area (Å²) in [6.45, 7) is 3.24. The van der Waals surface area contributed by atoms with Crippen LogP contribution in [0.3, 0.4) is 0 Å². The molecule has 0 unspecified atom stereocenters. The molecule has 2 fully saturated rings. The maximum Gasteiger partial charge on any atom is 0.227 e. The zero-order valence-corrected chi connectivity index (χ0v) is 14.7. The molecule has 1 aliphatic carbocycles. The molecule has 7 nitrogen and oxygen atoms in total. The number of benzene rings is 1. The number of nitrogens with zero attached hydrogens (tertiary/aromatic N) is 4. The lowest BCUT2D eigenvalue weighted by atomic mass is 9.87. The van der Waals surface area contributed by atoms with E-state index in [0.717, 1.165) is 31.5 Å². The first kappa shape index (κ1) is 17.1. The summed E-state index contributed by atoms with van der Waals surface area (Å²) in [5.74, 6) is 0.563. The number of rotatable bonds is 5. The summed E-state index contributed by atoms with van der Waals surface area (Å²) < 4.78 is 21.2. The van der Waals surface area contributed by atoms with Crippen LogP contribution in [0, 0.1) is 17.7 Å². The Morgan fingerprint density at radius 2 is 2.08 bits per heavy atom. The van der Waals surface area contributed by atoms with E-state index in [0.29, 0.717) is 24.8 Å². The number of anilines is 1. The van der Waals surface area contributed by atoms with E-state index in [-0.39, 0.29) is 23.4 Å². The molecule has 26 heavy (non-hydrogen) atoms. The Balaban J connectivity index is 1.52. The molecule has 1 aromatic heterocycles. The average Bonchev–Trinajstić information content (AvgIpc) is 3.40. The van der Waals surface area contributed by atoms with Gasteiger partial charge in [0, 0.05) is 25.0 Å². The fraction of sp³-hybridized carbons (Fsp3) is 0.556. The highest BCUT2D eigenvalue weighted by Crippen LogP contribution is 2.39. The summed E-state index contributed by atoms with van der Waals surface area (Å²) >= 11 is 0. The Kier molecular flexibility index (Phi) is 4.67. The van der Waals surface area contributed by atoms with Crippen LogP contribution in [-0.2, 0) is 9.53 Å². The summed E-state index contributed by atoms with van der Waals surface area (Å²) in [4.78, 5) is 12.6. The Bertz CT molecular complexity index is 799. The topological polar surface area (TPSA) is 81.9 Å². The first-order valence-corrected chi connectivity index (χ1v) is 9.10. The molecule has 1 aromatic carbocycles. The van der Waals surface area contributed by atoms with Gasteiger partial charge >= 0.3 is 0 Å². The fourth-order valence-corrected chi connectivity index (χ4v) is 3.39. The lowest BCUT2D eigenvalue weighted by Gasteiger charge is -2.27. The molecule has 0 radical (unpaired) electrons. The maximum absolute atomic E-state index is 14.3. The van der Waals surface area contributed by atoms with Crippen LogP contribution >= 0.6 is 0 Å². The first-order valence-electron chi connectivity index (χ1n) is 9.10. The molecule has 1 atom stereocenters. The number of carbonyl (C=O) groups excluding carboxylic acids is 1. The molecule has 1 N–H and O–H groups in total. The Morgan fingerprint density at radius 3 is 2.81 bits per heavy atom. The van der Waals surface area contributed by atoms with Gasteiger partial charge in [-0.3, -0.25) is 4.79 Å². The zero-order chi connectivity index (χ0) is 18.1. The second-order valence-corrected chi connectivity index (χ2v) is 7.12. The lowest BCUT2D eigenvalue weighted by Crippen LogP contribution is -2.31. The molecule has 0 spiro atoms. The number of ether oxygens (including phenoxy) is 1. The Labute approximate surface area is 150 Å². The van der Waals surface area contributed by atoms with Gasteiger partial charge in [-0.05, 0) is 60.2 Å². The van der Waals surface area contributed by atoms with Crippen LogP contribution in [0.1, 0.15) is 44.3 Å². The van der Waals surface area contributed by atoms with Crippen LogP contribution in [0.4, 0.5) is 10.1 Å². The van der Waals surface area contributed by atoms with E-state index >= 15 is 0 Å². The van der Waals surface area contributed by atoms with Crippen molar-refractivity contribution in [2.24, 2.45) is 11.8 Å². The molecule has 138 valence electrons. The average molecular weight is 359 g/mol. The normalized spacial score (nSPS) is 19.3. The number of hydrogen-bond acceptors (Lipinski definition) is 5. The number of tetrazole rings is 1. The van der Waals surface area contributed by atoms with Crippen LogP contribution in [0.25, 0.3) is 5.69 Å². The van der Waals surface area contributed by atoms with Crippen LogP contribution in [0.5, 0.6) is 0 Å². The lowest BCUT2D eigenvalue weighted by molar-refractivity contribution is -0.122. The predicted octanol–water partition coefficient (Wildman–Crippen LogP) is 2.68. The van der Waals surface area contributed by atoms with Gasteiger partial charge < -0.3 is 10.1 Å². The van der Waals surface area contributed by atoms with E-state index in [1.54, 1.807) is 16.8 Å². The number of carbonyl (C=O) groups is 1. The molecule has 1 aliphatic heterocycles. The number of aromatic nitrogens is 4. The van der Waals surface area contributed by atoms with Crippen LogP contribution in [0.2, 0.25) is 0 Å². The van der Waals surface area contributed by atoms with E-state index < -0.39 is 5.82 Å². The van der Waals surface area contributed by atoms with Gasteiger partial charge in [0.1, 0.15) is 5.82 Å². The molecule has 4 rings (SSSR count). The third-order valence-corrected chi connectivity index (χ3v) is 5.28. The summed E-state index contributed by atoms with van der Waals surface area (Å²) in [5.41, 5.74) is 0.802. The second-order valence-electron chi connectivity index (χ2n) is 7.12. The molecule has 0 bridgehead atoms. The number of amides is 1. The van der Waals surface area contributed by atoms with Crippen molar-refractivity contribution in [1.82, 2.24) is 20.2 Å². The molecule has 8 heteroatoms. The molecule has 2 aliphatic rings. The molecule has 2 heterocycles. The quantitative estimate of drug-likeness (QED) is 0.888. The van der Waals surface area contributed by atoms with Gasteiger partial charge in [0.2, 0.25) is 5.91 Å². The molecule has 1 amide bonds. The Hall–Kier alpha value is -2.35. The SMILES string of the molecule is C[C@@H](C(=O)Nc1cc(-n2nnnc2C2CC2)ccc1F)C1CCOCC1. The smallest absolute Gasteiger partial charge is 0.227 e. The minimum absolute atomic E-state index is 0.156. The number of halogens is 1. The minimum Gasteiger partial charge on any atom is -0.381 e. The number of nitrogens with one attached hydrogen (secondary N) is 1. The van der Waals surface area contributed by atoms with Crippen molar-refractivity contribution in [2.45, 2.75) is 38.5 Å². The maximum atomic E-state index is 14.3.